The normalized spacial score (nSPS) is 12.8. The number of nitrogens with zero attached hydrogens (tertiary/aromatic N) is 8. The first-order valence-corrected chi connectivity index (χ1v) is 43.0. The zero-order valence-corrected chi connectivity index (χ0v) is 62.6. The van der Waals surface area contributed by atoms with Crippen molar-refractivity contribution in [3.05, 3.63) is 97.1 Å². The highest BCUT2D eigenvalue weighted by molar-refractivity contribution is 7.87. The summed E-state index contributed by atoms with van der Waals surface area (Å²) in [5, 5.41) is 38.0. The first-order valence-electron chi connectivity index (χ1n) is 30.5. The van der Waals surface area contributed by atoms with Crippen molar-refractivity contribution >= 4 is 144 Å². The minimum absolute atomic E-state index is 0.0511. The maximum Gasteiger partial charge on any atom is 0.323 e. The van der Waals surface area contributed by atoms with Gasteiger partial charge >= 0.3 is 6.03 Å². The largest absolute Gasteiger partial charge is 0.494 e. The Bertz CT molecular complexity index is 5000. The van der Waals surface area contributed by atoms with Gasteiger partial charge in [0.15, 0.2) is 0 Å². The molecule has 0 aliphatic heterocycles. The van der Waals surface area contributed by atoms with Gasteiger partial charge in [-0.2, -0.15) is 77.6 Å². The zero-order chi connectivity index (χ0) is 79.9. The van der Waals surface area contributed by atoms with Gasteiger partial charge in [-0.25, -0.2) is 4.79 Å². The molecular weight excluding hydrogens is 1610 g/mol. The number of hydrogen-bond donors (Lipinski definition) is 10. The van der Waals surface area contributed by atoms with E-state index < -0.39 is 169 Å². The van der Waals surface area contributed by atoms with Gasteiger partial charge in [0.2, 0.25) is 0 Å². The van der Waals surface area contributed by atoms with Crippen LogP contribution in [0.3, 0.4) is 0 Å². The van der Waals surface area contributed by atoms with Gasteiger partial charge in [0.05, 0.1) is 111 Å². The SMILES string of the molecule is COc1cc(N=Nc2ccc(N=Nc3ccc(OCCCS(=O)(=O)O)cc3S(=O)(=O)O)c(OCCCS(=O)(=O)O)c2)c(OCCCS(=O)(=O)O)cc1NC(=O)Nc1cc(OCCCS(=O)(=O)O)c(N=Nc2ccc(N=Nc3ccc(OCCCS(=O)(=O)O)cc3S(=O)(=O)O)c(OCCCS(=O)(=O)O)c2)cc1OC. The lowest BCUT2D eigenvalue weighted by Crippen LogP contribution is -2.20. The summed E-state index contributed by atoms with van der Waals surface area (Å²) < 4.78 is 307. The zero-order valence-electron chi connectivity index (χ0n) is 56.1. The van der Waals surface area contributed by atoms with E-state index in [0.717, 1.165) is 24.3 Å². The molecule has 0 saturated heterocycles. The van der Waals surface area contributed by atoms with Crippen molar-refractivity contribution in [1.82, 2.24) is 0 Å². The fourth-order valence-corrected chi connectivity index (χ4v) is 12.7. The van der Waals surface area contributed by atoms with Crippen molar-refractivity contribution in [1.29, 1.82) is 0 Å². The number of carbonyl (C=O) groups is 1. The first-order chi connectivity index (χ1) is 50.3. The molecule has 0 radical (unpaired) electrons. The number of ether oxygens (including phenoxy) is 8. The van der Waals surface area contributed by atoms with Crippen LogP contribution in [0.1, 0.15) is 38.5 Å². The molecule has 0 aliphatic carbocycles. The number of methoxy groups -OCH3 is 2. The highest BCUT2D eigenvalue weighted by Gasteiger charge is 2.23. The molecule has 51 heteroatoms. The van der Waals surface area contributed by atoms with Crippen molar-refractivity contribution in [2.24, 2.45) is 40.9 Å². The monoisotopic (exact) mass is 1680 g/mol. The molecule has 43 nitrogen and oxygen atoms in total. The summed E-state index contributed by atoms with van der Waals surface area (Å²) in [4.78, 5) is 12.4. The molecule has 0 unspecified atom stereocenters. The topological polar surface area (TPSA) is 649 Å². The minimum atomic E-state index is -5.04. The van der Waals surface area contributed by atoms with Crippen LogP contribution in [0.4, 0.5) is 61.7 Å². The number of nitrogens with one attached hydrogen (secondary N) is 2. The summed E-state index contributed by atoms with van der Waals surface area (Å²) in [6.45, 7) is -2.22. The Labute approximate surface area is 617 Å². The molecule has 108 heavy (non-hydrogen) atoms. The summed E-state index contributed by atoms with van der Waals surface area (Å²) >= 11 is 0. The van der Waals surface area contributed by atoms with Crippen LogP contribution in [0.5, 0.6) is 46.0 Å². The number of benzene rings is 6. The molecule has 2 amide bonds. The third-order valence-corrected chi connectivity index (χ3v) is 19.9. The Kier molecular flexibility index (Phi) is 31.3. The maximum atomic E-state index is 14.1. The van der Waals surface area contributed by atoms with Crippen molar-refractivity contribution in [3.8, 4) is 46.0 Å². The summed E-state index contributed by atoms with van der Waals surface area (Å²) in [7, 11) is -34.3. The predicted molar refractivity (Wildman–Crippen MR) is 380 cm³/mol. The van der Waals surface area contributed by atoms with E-state index in [1.807, 2.05) is 0 Å². The number of rotatable bonds is 44. The first kappa shape index (κ1) is 87.6. The van der Waals surface area contributed by atoms with Crippen LogP contribution in [0.25, 0.3) is 0 Å². The number of azo groups is 4. The van der Waals surface area contributed by atoms with Gasteiger partial charge in [-0.05, 0) is 87.1 Å². The molecule has 0 saturated carbocycles. The number of urea groups is 1. The Morgan fingerprint density at radius 1 is 0.306 bits per heavy atom. The fraction of sp³-hybridized carbons (Fsp3) is 0.351. The highest BCUT2D eigenvalue weighted by atomic mass is 32.2. The van der Waals surface area contributed by atoms with Crippen LogP contribution in [0.2, 0.25) is 0 Å². The number of anilines is 2. The van der Waals surface area contributed by atoms with E-state index in [4.69, 9.17) is 47.0 Å². The molecule has 0 heterocycles. The van der Waals surface area contributed by atoms with Crippen molar-refractivity contribution in [3.63, 3.8) is 0 Å². The van der Waals surface area contributed by atoms with Gasteiger partial charge in [0, 0.05) is 48.5 Å². The van der Waals surface area contributed by atoms with Crippen molar-refractivity contribution in [2.45, 2.75) is 48.3 Å². The van der Waals surface area contributed by atoms with Crippen LogP contribution in [-0.2, 0) is 80.9 Å². The molecule has 6 aromatic rings. The van der Waals surface area contributed by atoms with Gasteiger partial charge in [0.1, 0.15) is 89.9 Å². The van der Waals surface area contributed by atoms with Crippen molar-refractivity contribution < 1.29 is 146 Å². The van der Waals surface area contributed by atoms with Crippen LogP contribution < -0.4 is 48.5 Å². The molecule has 6 aromatic carbocycles. The van der Waals surface area contributed by atoms with E-state index in [-0.39, 0.29) is 143 Å². The smallest absolute Gasteiger partial charge is 0.323 e. The Hall–Kier alpha value is -9.33. The van der Waals surface area contributed by atoms with E-state index in [1.165, 1.54) is 87.0 Å². The lowest BCUT2D eigenvalue weighted by Gasteiger charge is -2.17. The summed E-state index contributed by atoms with van der Waals surface area (Å²) in [5.74, 6) is -5.81. The summed E-state index contributed by atoms with van der Waals surface area (Å²) in [6, 6.07) is 17.4. The number of carbonyl (C=O) groups excluding carboxylic acids is 1. The lowest BCUT2D eigenvalue weighted by molar-refractivity contribution is 0.261. The standard InChI is InChI=1S/C57H68N10O33S8/c1-93-49-35-47(66-60-37-9-13-41(51(29-37)97-19-5-25-103(75,76)77)62-64-43-15-11-39(31-55(43)107(87,88)89)95-17-3-23-101(69,70)71)53(99-21-7-27-105(81,82)83)33-45(49)58-57(68)59-46-34-54(100-22-8-28-106(84,85)86)48(36-50(46)94-2)67-61-38-10-14-42(52(30-38)98-20-6-26-104(78,79)80)63-65-44-16-12-40(32-56(44)108(90,91)92)96-18-4-24-102(72,73)74/h9-16,29-36H,3-8,17-28H2,1-2H3,(H2,58,59,68)(H,69,70,71)(H,72,73,74)(H,75,76,77)(H,78,79,80)(H,81,82,83)(H,84,85,86)(H,87,88,89)(H,90,91,92). The molecule has 0 atom stereocenters. The van der Waals surface area contributed by atoms with Crippen LogP contribution in [-0.4, -0.2) is 198 Å². The summed E-state index contributed by atoms with van der Waals surface area (Å²) in [5.41, 5.74) is -2.00. The molecule has 592 valence electrons. The second-order valence-electron chi connectivity index (χ2n) is 21.9. The fourth-order valence-electron chi connectivity index (χ4n) is 8.56. The van der Waals surface area contributed by atoms with E-state index >= 15 is 0 Å². The van der Waals surface area contributed by atoms with Crippen LogP contribution in [0, 0.1) is 0 Å². The third-order valence-electron chi connectivity index (χ3n) is 13.3. The third kappa shape index (κ3) is 31.9. The van der Waals surface area contributed by atoms with E-state index in [2.05, 4.69) is 51.5 Å². The van der Waals surface area contributed by atoms with E-state index in [9.17, 15) is 99.5 Å². The van der Waals surface area contributed by atoms with Gasteiger partial charge in [-0.15, -0.1) is 30.7 Å². The molecule has 6 rings (SSSR count). The second kappa shape index (κ2) is 38.7. The molecule has 0 bridgehead atoms. The Morgan fingerprint density at radius 3 is 0.843 bits per heavy atom. The second-order valence-corrected chi connectivity index (χ2v) is 34.1. The van der Waals surface area contributed by atoms with Crippen LogP contribution in [0.15, 0.2) is 148 Å². The molecule has 0 spiro atoms. The Balaban J connectivity index is 1.33. The quantitative estimate of drug-likeness (QED) is 0.00966. The Morgan fingerprint density at radius 2 is 0.565 bits per heavy atom. The van der Waals surface area contributed by atoms with E-state index in [1.54, 1.807) is 0 Å². The van der Waals surface area contributed by atoms with Crippen molar-refractivity contribution in [2.75, 3.05) is 99.0 Å². The average molecular weight is 1680 g/mol. The maximum absolute atomic E-state index is 14.1. The molecule has 0 aliphatic rings. The van der Waals surface area contributed by atoms with Gasteiger partial charge in [-0.3, -0.25) is 36.4 Å². The van der Waals surface area contributed by atoms with Gasteiger partial charge in [-0.1, -0.05) is 0 Å². The van der Waals surface area contributed by atoms with E-state index in [0.29, 0.717) is 0 Å². The lowest BCUT2D eigenvalue weighted by atomic mass is 10.2. The molecule has 10 N–H and O–H groups in total. The summed E-state index contributed by atoms with van der Waals surface area (Å²) in [6.07, 6.45) is -1.55. The average Bonchev–Trinajstić information content (AvgIpc) is 0.823. The minimum Gasteiger partial charge on any atom is -0.494 e. The van der Waals surface area contributed by atoms with Crippen LogP contribution >= 0.6 is 0 Å². The molecule has 0 fully saturated rings. The van der Waals surface area contributed by atoms with Gasteiger partial charge in [0.25, 0.3) is 80.9 Å². The molecular formula is C57H68N10O33S8. The molecule has 0 aromatic heterocycles. The highest BCUT2D eigenvalue weighted by Crippen LogP contribution is 2.44. The predicted octanol–water partition coefficient (Wildman–Crippen LogP) is 9.44. The number of hydrogen-bond acceptors (Lipinski definition) is 33. The number of amides is 2. The van der Waals surface area contributed by atoms with Gasteiger partial charge < -0.3 is 48.5 Å².